The standard InChI is InChI=1S/C15H23NOS/c1-15(2)10-6-9-13(14(15)16)18(17)11-12-7-4-3-5-8-12/h3-5,7-8,13-14H,6,9-11,16H2,1-2H3. The molecule has 0 bridgehead atoms. The van der Waals surface area contributed by atoms with E-state index in [-0.39, 0.29) is 16.7 Å². The topological polar surface area (TPSA) is 43.1 Å². The van der Waals surface area contributed by atoms with E-state index in [4.69, 9.17) is 5.73 Å². The van der Waals surface area contributed by atoms with E-state index in [1.807, 2.05) is 30.3 Å². The monoisotopic (exact) mass is 265 g/mol. The van der Waals surface area contributed by atoms with Gasteiger partial charge in [-0.05, 0) is 23.8 Å². The van der Waals surface area contributed by atoms with Crippen LogP contribution in [0.4, 0.5) is 0 Å². The first-order valence-electron chi connectivity index (χ1n) is 6.67. The number of hydrogen-bond donors (Lipinski definition) is 1. The molecule has 2 nitrogen and oxygen atoms in total. The molecule has 1 saturated carbocycles. The number of hydrogen-bond acceptors (Lipinski definition) is 2. The van der Waals surface area contributed by atoms with Crippen LogP contribution < -0.4 is 5.73 Å². The predicted molar refractivity (Wildman–Crippen MR) is 77.7 cm³/mol. The van der Waals surface area contributed by atoms with Gasteiger partial charge in [-0.25, -0.2) is 0 Å². The van der Waals surface area contributed by atoms with E-state index in [2.05, 4.69) is 13.8 Å². The molecule has 0 aliphatic heterocycles. The molecule has 0 amide bonds. The van der Waals surface area contributed by atoms with Gasteiger partial charge in [0.1, 0.15) is 0 Å². The molecule has 0 aromatic heterocycles. The molecule has 1 aromatic rings. The normalized spacial score (nSPS) is 28.8. The zero-order valence-electron chi connectivity index (χ0n) is 11.3. The van der Waals surface area contributed by atoms with Crippen LogP contribution in [-0.4, -0.2) is 15.5 Å². The van der Waals surface area contributed by atoms with Gasteiger partial charge in [0.15, 0.2) is 0 Å². The Morgan fingerprint density at radius 2 is 2.00 bits per heavy atom. The molecule has 0 heterocycles. The Morgan fingerprint density at radius 1 is 1.33 bits per heavy atom. The quantitative estimate of drug-likeness (QED) is 0.913. The minimum atomic E-state index is -0.859. The van der Waals surface area contributed by atoms with Crippen LogP contribution in [0.5, 0.6) is 0 Å². The van der Waals surface area contributed by atoms with Gasteiger partial charge >= 0.3 is 0 Å². The number of benzene rings is 1. The molecule has 3 atom stereocenters. The Balaban J connectivity index is 2.05. The maximum atomic E-state index is 12.5. The lowest BCUT2D eigenvalue weighted by Gasteiger charge is -2.41. The summed E-state index contributed by atoms with van der Waals surface area (Å²) in [5, 5.41) is 0.147. The minimum Gasteiger partial charge on any atom is -0.326 e. The number of rotatable bonds is 3. The third kappa shape index (κ3) is 3.01. The molecule has 3 heteroatoms. The maximum absolute atomic E-state index is 12.5. The molecule has 2 N–H and O–H groups in total. The fourth-order valence-electron chi connectivity index (χ4n) is 2.75. The van der Waals surface area contributed by atoms with Crippen LogP contribution in [0.15, 0.2) is 30.3 Å². The zero-order valence-corrected chi connectivity index (χ0v) is 12.1. The fraction of sp³-hybridized carbons (Fsp3) is 0.600. The van der Waals surface area contributed by atoms with Gasteiger partial charge in [0, 0.05) is 22.6 Å². The van der Waals surface area contributed by atoms with Gasteiger partial charge in [-0.15, -0.1) is 0 Å². The minimum absolute atomic E-state index is 0.0517. The first-order valence-corrected chi connectivity index (χ1v) is 8.05. The Hall–Kier alpha value is -0.670. The molecule has 1 fully saturated rings. The van der Waals surface area contributed by atoms with Gasteiger partial charge in [0.25, 0.3) is 0 Å². The fourth-order valence-corrected chi connectivity index (χ4v) is 4.61. The maximum Gasteiger partial charge on any atom is 0.0507 e. The van der Waals surface area contributed by atoms with E-state index < -0.39 is 10.8 Å². The highest BCUT2D eigenvalue weighted by molar-refractivity contribution is 7.84. The highest BCUT2D eigenvalue weighted by Gasteiger charge is 2.39. The Kier molecular flexibility index (Phi) is 4.23. The summed E-state index contributed by atoms with van der Waals surface area (Å²) >= 11 is 0. The largest absolute Gasteiger partial charge is 0.326 e. The lowest BCUT2D eigenvalue weighted by molar-refractivity contribution is 0.206. The first-order chi connectivity index (χ1) is 8.50. The van der Waals surface area contributed by atoms with Crippen LogP contribution in [0.3, 0.4) is 0 Å². The molecule has 0 saturated heterocycles. The van der Waals surface area contributed by atoms with Crippen molar-refractivity contribution in [3.63, 3.8) is 0 Å². The van der Waals surface area contributed by atoms with Gasteiger partial charge in [-0.3, -0.25) is 4.21 Å². The Labute approximate surface area is 112 Å². The van der Waals surface area contributed by atoms with Crippen LogP contribution in [0.1, 0.15) is 38.7 Å². The lowest BCUT2D eigenvalue weighted by atomic mass is 9.73. The molecule has 0 spiro atoms. The highest BCUT2D eigenvalue weighted by Crippen LogP contribution is 2.36. The third-order valence-electron chi connectivity index (χ3n) is 4.10. The van der Waals surface area contributed by atoms with Crippen molar-refractivity contribution in [2.24, 2.45) is 11.1 Å². The van der Waals surface area contributed by atoms with Gasteiger partial charge in [0.2, 0.25) is 0 Å². The molecule has 1 aromatic carbocycles. The highest BCUT2D eigenvalue weighted by atomic mass is 32.2. The SMILES string of the molecule is CC1(C)CCCC(S(=O)Cc2ccccc2)C1N. The van der Waals surface area contributed by atoms with Crippen LogP contribution in [-0.2, 0) is 16.6 Å². The second kappa shape index (κ2) is 5.54. The van der Waals surface area contributed by atoms with Crippen molar-refractivity contribution >= 4 is 10.8 Å². The molecule has 1 aliphatic rings. The van der Waals surface area contributed by atoms with Gasteiger partial charge in [-0.2, -0.15) is 0 Å². The van der Waals surface area contributed by atoms with E-state index in [1.165, 1.54) is 0 Å². The molecular formula is C15H23NOS. The molecule has 2 rings (SSSR count). The van der Waals surface area contributed by atoms with Crippen LogP contribution >= 0.6 is 0 Å². The van der Waals surface area contributed by atoms with E-state index in [0.717, 1.165) is 24.8 Å². The van der Waals surface area contributed by atoms with Crippen molar-refractivity contribution in [1.29, 1.82) is 0 Å². The summed E-state index contributed by atoms with van der Waals surface area (Å²) in [6.45, 7) is 4.40. The van der Waals surface area contributed by atoms with Crippen LogP contribution in [0.25, 0.3) is 0 Å². The third-order valence-corrected chi connectivity index (χ3v) is 5.92. The molecule has 0 radical (unpaired) electrons. The zero-order chi connectivity index (χ0) is 13.2. The van der Waals surface area contributed by atoms with Crippen molar-refractivity contribution in [2.45, 2.75) is 50.2 Å². The van der Waals surface area contributed by atoms with E-state index in [0.29, 0.717) is 5.75 Å². The summed E-state index contributed by atoms with van der Waals surface area (Å²) < 4.78 is 12.5. The average Bonchev–Trinajstić information content (AvgIpc) is 2.34. The second-order valence-corrected chi connectivity index (χ2v) is 7.61. The van der Waals surface area contributed by atoms with Gasteiger partial charge in [-0.1, -0.05) is 50.6 Å². The summed E-state index contributed by atoms with van der Waals surface area (Å²) in [5.41, 5.74) is 7.58. The van der Waals surface area contributed by atoms with Crippen molar-refractivity contribution in [3.05, 3.63) is 35.9 Å². The number of nitrogens with two attached hydrogens (primary N) is 1. The Morgan fingerprint density at radius 3 is 2.67 bits per heavy atom. The summed E-state index contributed by atoms with van der Waals surface area (Å²) in [5.74, 6) is 0.634. The average molecular weight is 265 g/mol. The van der Waals surface area contributed by atoms with Gasteiger partial charge < -0.3 is 5.73 Å². The predicted octanol–water partition coefficient (Wildman–Crippen LogP) is 2.84. The molecule has 3 unspecified atom stereocenters. The van der Waals surface area contributed by atoms with Crippen molar-refractivity contribution in [3.8, 4) is 0 Å². The smallest absolute Gasteiger partial charge is 0.0507 e. The summed E-state index contributed by atoms with van der Waals surface area (Å²) in [6.07, 6.45) is 3.29. The van der Waals surface area contributed by atoms with Crippen molar-refractivity contribution in [1.82, 2.24) is 0 Å². The van der Waals surface area contributed by atoms with Crippen LogP contribution in [0, 0.1) is 5.41 Å². The van der Waals surface area contributed by atoms with Crippen molar-refractivity contribution in [2.75, 3.05) is 0 Å². The molecule has 18 heavy (non-hydrogen) atoms. The Bertz CT molecular complexity index is 416. The first kappa shape index (κ1) is 13.8. The van der Waals surface area contributed by atoms with Crippen molar-refractivity contribution < 1.29 is 4.21 Å². The van der Waals surface area contributed by atoms with E-state index in [1.54, 1.807) is 0 Å². The molecule has 100 valence electrons. The molecule has 1 aliphatic carbocycles. The summed E-state index contributed by atoms with van der Waals surface area (Å²) in [4.78, 5) is 0. The van der Waals surface area contributed by atoms with Crippen LogP contribution in [0.2, 0.25) is 0 Å². The van der Waals surface area contributed by atoms with Gasteiger partial charge in [0.05, 0.1) is 5.25 Å². The van der Waals surface area contributed by atoms with E-state index in [9.17, 15) is 4.21 Å². The summed E-state index contributed by atoms with van der Waals surface area (Å²) in [6, 6.07) is 10.1. The molecular weight excluding hydrogens is 242 g/mol. The lowest BCUT2D eigenvalue weighted by Crippen LogP contribution is -2.51. The van der Waals surface area contributed by atoms with E-state index >= 15 is 0 Å². The summed E-state index contributed by atoms with van der Waals surface area (Å²) in [7, 11) is -0.859. The second-order valence-electron chi connectivity index (χ2n) is 5.96.